The third-order valence-corrected chi connectivity index (χ3v) is 19.4. The van der Waals surface area contributed by atoms with Crippen LogP contribution in [-0.2, 0) is 57.5 Å². The van der Waals surface area contributed by atoms with Crippen molar-refractivity contribution in [3.8, 4) is 0 Å². The van der Waals surface area contributed by atoms with E-state index >= 15 is 0 Å². The van der Waals surface area contributed by atoms with E-state index in [1.54, 1.807) is 72.8 Å². The summed E-state index contributed by atoms with van der Waals surface area (Å²) >= 11 is 0. The molecule has 6 aliphatic heterocycles. The second-order valence-electron chi connectivity index (χ2n) is 26.4. The summed E-state index contributed by atoms with van der Waals surface area (Å²) < 4.78 is 0. The van der Waals surface area contributed by atoms with Crippen LogP contribution in [0.5, 0.6) is 0 Å². The first-order valence-corrected chi connectivity index (χ1v) is 34.1. The van der Waals surface area contributed by atoms with Gasteiger partial charge < -0.3 is 0 Å². The van der Waals surface area contributed by atoms with Crippen LogP contribution >= 0.6 is 0 Å². The largest absolute Gasteiger partial charge is 0.269 e. The molecule has 6 aliphatic rings. The summed E-state index contributed by atoms with van der Waals surface area (Å²) in [4.78, 5) is 152. The highest BCUT2D eigenvalue weighted by molar-refractivity contribution is 6.31. The summed E-state index contributed by atoms with van der Waals surface area (Å²) in [6.45, 7) is 14.5. The highest BCUT2D eigenvalue weighted by Crippen LogP contribution is 2.41. The lowest BCUT2D eigenvalue weighted by atomic mass is 9.80. The zero-order valence-electron chi connectivity index (χ0n) is 58.7. The van der Waals surface area contributed by atoms with Crippen LogP contribution in [0.2, 0.25) is 0 Å². The van der Waals surface area contributed by atoms with Gasteiger partial charge in [-0.15, -0.1) is 0 Å². The molecule has 106 heavy (non-hydrogen) atoms. The van der Waals surface area contributed by atoms with E-state index in [2.05, 4.69) is 90.1 Å². The molecule has 0 saturated carbocycles. The predicted molar refractivity (Wildman–Crippen MR) is 404 cm³/mol. The van der Waals surface area contributed by atoms with Crippen molar-refractivity contribution in [3.05, 3.63) is 356 Å². The van der Waals surface area contributed by atoms with Gasteiger partial charge in [0.1, 0.15) is 0 Å². The van der Waals surface area contributed by atoms with Crippen molar-refractivity contribution in [3.63, 3.8) is 0 Å². The second-order valence-corrected chi connectivity index (χ2v) is 26.4. The Balaban J connectivity index is 0.000000141. The molecular formula is C88H68N6O12. The molecule has 0 saturated heterocycles. The van der Waals surface area contributed by atoms with Gasteiger partial charge in [-0.25, -0.2) is 29.4 Å². The van der Waals surface area contributed by atoms with Crippen LogP contribution in [0.25, 0.3) is 0 Å². The van der Waals surface area contributed by atoms with Crippen LogP contribution in [-0.4, -0.2) is 70.9 Å². The van der Waals surface area contributed by atoms with Crippen LogP contribution in [0.15, 0.2) is 267 Å². The molecule has 18 heteroatoms. The van der Waals surface area contributed by atoms with Crippen molar-refractivity contribution in [2.45, 2.75) is 66.2 Å². The van der Waals surface area contributed by atoms with E-state index in [1.807, 2.05) is 79.7 Å². The molecule has 522 valence electrons. The van der Waals surface area contributed by atoms with E-state index in [9.17, 15) is 57.5 Å². The molecule has 0 atom stereocenters. The number of rotatable bonds is 15. The lowest BCUT2D eigenvalue weighted by molar-refractivity contribution is -0.121. The SMILES string of the molecule is Cc1cc(C)c(C(c2ccc(N3C(=O)C=CC3=O)cc2)c2ccc(N3C(=O)C=CC3=O)cc2)c(C)c1.Cc1ccc(C(c2ccc(N3C(=O)C=CC3=O)cc2)c2ccc(N3C(=O)C=CC3=O)cc2)c(C)c1.Cc1ccc(C(c2ccc(N3C(=O)C=CC3=O)cc2)c2ccc(N3C(=O)C=CC3=O)cc2)cc1C. The first-order valence-electron chi connectivity index (χ1n) is 34.1. The smallest absolute Gasteiger partial charge is 0.258 e. The fourth-order valence-corrected chi connectivity index (χ4v) is 14.2. The van der Waals surface area contributed by atoms with Crippen molar-refractivity contribution in [1.82, 2.24) is 0 Å². The van der Waals surface area contributed by atoms with Gasteiger partial charge in [0, 0.05) is 90.7 Å². The molecule has 9 aromatic rings. The summed E-state index contributed by atoms with van der Waals surface area (Å²) in [5.41, 5.74) is 20.5. The number of hydrogen-bond donors (Lipinski definition) is 0. The zero-order chi connectivity index (χ0) is 74.9. The molecule has 0 spiro atoms. The van der Waals surface area contributed by atoms with Gasteiger partial charge in [-0.3, -0.25) is 57.5 Å². The van der Waals surface area contributed by atoms with Crippen LogP contribution in [0.1, 0.15) is 107 Å². The van der Waals surface area contributed by atoms with E-state index in [0.29, 0.717) is 34.1 Å². The average molecular weight is 1400 g/mol. The van der Waals surface area contributed by atoms with Crippen LogP contribution in [0.4, 0.5) is 34.1 Å². The van der Waals surface area contributed by atoms with E-state index in [4.69, 9.17) is 0 Å². The number of hydrogen-bond acceptors (Lipinski definition) is 12. The maximum absolute atomic E-state index is 12.1. The topological polar surface area (TPSA) is 224 Å². The van der Waals surface area contributed by atoms with Crippen molar-refractivity contribution in [2.75, 3.05) is 29.4 Å². The number of benzene rings is 9. The minimum absolute atomic E-state index is 0.134. The molecule has 9 aromatic carbocycles. The maximum Gasteiger partial charge on any atom is 0.258 e. The highest BCUT2D eigenvalue weighted by Gasteiger charge is 2.33. The molecule has 15 rings (SSSR count). The first-order chi connectivity index (χ1) is 50.9. The number of anilines is 6. The second kappa shape index (κ2) is 29.3. The number of amides is 12. The number of carbonyl (C=O) groups excluding carboxylic acids is 12. The summed E-state index contributed by atoms with van der Waals surface area (Å²) in [6, 6.07) is 61.3. The standard InChI is InChI=1S/C30H24N2O4.2C29H22N2O4/c1-18-16-19(2)29(20(3)17-18)30(21-4-8-23(9-5-21)31-25(33)12-13-26(31)34)22-6-10-24(11-7-22)32-27(35)14-15-28(32)36;1-18-3-12-24(19(2)17-18)29(20-4-8-22(9-5-20)30-25(32)13-14-26(30)33)21-6-10-23(11-7-21)31-27(34)15-16-28(31)35;1-18-3-4-22(17-19(18)2)29(20-5-9-23(10-6-20)30-25(32)13-14-26(30)33)21-7-11-24(12-8-21)31-27(34)15-16-28(31)35/h4-17,30H,1-3H3;2*3-17,29H,1-2H3. The van der Waals surface area contributed by atoms with Gasteiger partial charge in [-0.1, -0.05) is 132 Å². The Bertz CT molecular complexity index is 5030. The van der Waals surface area contributed by atoms with Gasteiger partial charge in [0.05, 0.1) is 34.1 Å². The Labute approximate surface area is 611 Å². The third-order valence-electron chi connectivity index (χ3n) is 19.4. The molecule has 0 N–H and O–H groups in total. The summed E-state index contributed by atoms with van der Waals surface area (Å²) in [5, 5.41) is 0. The van der Waals surface area contributed by atoms with Gasteiger partial charge in [0.15, 0.2) is 0 Å². The first kappa shape index (κ1) is 70.7. The molecule has 0 unspecified atom stereocenters. The molecule has 0 bridgehead atoms. The predicted octanol–water partition coefficient (Wildman–Crippen LogP) is 13.3. The molecule has 0 aliphatic carbocycles. The summed E-state index contributed by atoms with van der Waals surface area (Å²) in [7, 11) is 0. The van der Waals surface area contributed by atoms with E-state index in [1.165, 1.54) is 89.6 Å². The van der Waals surface area contributed by atoms with Crippen molar-refractivity contribution < 1.29 is 57.5 Å². The summed E-state index contributed by atoms with van der Waals surface area (Å²) in [6.07, 6.45) is 15.2. The van der Waals surface area contributed by atoms with Crippen molar-refractivity contribution >= 4 is 105 Å². The minimum atomic E-state index is -0.357. The monoisotopic (exact) mass is 1400 g/mol. The number of aryl methyl sites for hydroxylation is 7. The normalized spacial score (nSPS) is 15.3. The third kappa shape index (κ3) is 14.0. The maximum atomic E-state index is 12.1. The van der Waals surface area contributed by atoms with Crippen molar-refractivity contribution in [1.29, 1.82) is 0 Å². The molecule has 12 amide bonds. The Morgan fingerprint density at radius 2 is 0.415 bits per heavy atom. The Hall–Kier alpha value is -13.7. The average Bonchev–Trinajstić information content (AvgIpc) is 1.06. The van der Waals surface area contributed by atoms with Gasteiger partial charge in [-0.2, -0.15) is 0 Å². The number of imide groups is 6. The quantitative estimate of drug-likeness (QED) is 0.0690. The van der Waals surface area contributed by atoms with Crippen molar-refractivity contribution in [2.24, 2.45) is 0 Å². The van der Waals surface area contributed by atoms with Gasteiger partial charge >= 0.3 is 0 Å². The van der Waals surface area contributed by atoms with Gasteiger partial charge in [-0.05, 0) is 199 Å². The Kier molecular flexibility index (Phi) is 19.5. The zero-order valence-corrected chi connectivity index (χ0v) is 58.7. The Morgan fingerprint density at radius 3 is 0.660 bits per heavy atom. The van der Waals surface area contributed by atoms with E-state index in [0.717, 1.165) is 102 Å². The molecule has 0 aromatic heterocycles. The molecule has 6 heterocycles. The molecule has 0 radical (unpaired) electrons. The Morgan fingerprint density at radius 1 is 0.189 bits per heavy atom. The van der Waals surface area contributed by atoms with Crippen LogP contribution in [0, 0.1) is 48.5 Å². The van der Waals surface area contributed by atoms with E-state index in [-0.39, 0.29) is 88.6 Å². The number of carbonyl (C=O) groups is 12. The fraction of sp³-hybridized carbons (Fsp3) is 0.114. The molecular weight excluding hydrogens is 1330 g/mol. The number of nitrogens with zero attached hydrogens (tertiary/aromatic N) is 6. The van der Waals surface area contributed by atoms with E-state index < -0.39 is 0 Å². The van der Waals surface area contributed by atoms with Crippen LogP contribution < -0.4 is 29.4 Å². The fourth-order valence-electron chi connectivity index (χ4n) is 14.2. The summed E-state index contributed by atoms with van der Waals surface area (Å²) in [5.74, 6) is -4.69. The van der Waals surface area contributed by atoms with Gasteiger partial charge in [0.2, 0.25) is 0 Å². The molecule has 0 fully saturated rings. The minimum Gasteiger partial charge on any atom is -0.269 e. The van der Waals surface area contributed by atoms with Gasteiger partial charge in [0.25, 0.3) is 70.9 Å². The molecule has 18 nitrogen and oxygen atoms in total. The lowest BCUT2D eigenvalue weighted by Crippen LogP contribution is -2.29. The highest BCUT2D eigenvalue weighted by atomic mass is 16.2. The van der Waals surface area contributed by atoms with Crippen LogP contribution in [0.3, 0.4) is 0 Å². The lowest BCUT2D eigenvalue weighted by Gasteiger charge is -2.25.